The predicted octanol–water partition coefficient (Wildman–Crippen LogP) is 3.65. The van der Waals surface area contributed by atoms with Gasteiger partial charge in [0.05, 0.1) is 0 Å². The minimum atomic E-state index is -0.171. The Morgan fingerprint density at radius 3 is 2.61 bits per heavy atom. The molecule has 1 atom stereocenters. The van der Waals surface area contributed by atoms with Gasteiger partial charge >= 0.3 is 0 Å². The third-order valence-electron chi connectivity index (χ3n) is 2.30. The zero-order valence-electron chi connectivity index (χ0n) is 10.4. The van der Waals surface area contributed by atoms with Gasteiger partial charge < -0.3 is 5.32 Å². The van der Waals surface area contributed by atoms with Crippen LogP contribution >= 0.6 is 35.0 Å². The summed E-state index contributed by atoms with van der Waals surface area (Å²) in [5.74, 6) is 1.96. The van der Waals surface area contributed by atoms with E-state index in [2.05, 4.69) is 17.2 Å². The number of halogens is 2. The highest BCUT2D eigenvalue weighted by Crippen LogP contribution is 2.15. The molecule has 100 valence electrons. The van der Waals surface area contributed by atoms with E-state index >= 15 is 0 Å². The predicted molar refractivity (Wildman–Crippen MR) is 78.8 cm³/mol. The maximum atomic E-state index is 11.9. The minimum absolute atomic E-state index is 0.127. The zero-order chi connectivity index (χ0) is 13.5. The lowest BCUT2D eigenvalue weighted by atomic mass is 10.2. The Kier molecular flexibility index (Phi) is 6.82. The van der Waals surface area contributed by atoms with Crippen LogP contribution in [0.15, 0.2) is 12.1 Å². The number of aromatic nitrogens is 1. The number of pyridine rings is 1. The van der Waals surface area contributed by atoms with Gasteiger partial charge in [-0.2, -0.15) is 11.8 Å². The van der Waals surface area contributed by atoms with Crippen LogP contribution in [-0.4, -0.2) is 28.4 Å². The molecule has 0 aliphatic carbocycles. The summed E-state index contributed by atoms with van der Waals surface area (Å²) in [5.41, 5.74) is 0.440. The molecule has 0 saturated carbocycles. The molecule has 0 aliphatic rings. The molecule has 1 unspecified atom stereocenters. The van der Waals surface area contributed by atoms with Crippen molar-refractivity contribution in [3.8, 4) is 0 Å². The highest BCUT2D eigenvalue weighted by molar-refractivity contribution is 7.99. The van der Waals surface area contributed by atoms with Crippen LogP contribution in [0.4, 0.5) is 0 Å². The van der Waals surface area contributed by atoms with Crippen LogP contribution in [0, 0.1) is 0 Å². The molecule has 1 amide bonds. The Labute approximate surface area is 122 Å². The number of nitrogens with zero attached hydrogens (tertiary/aromatic N) is 1. The molecule has 0 fully saturated rings. The Balaban J connectivity index is 2.54. The molecular formula is C12H16Cl2N2OS. The van der Waals surface area contributed by atoms with Crippen LogP contribution in [0.2, 0.25) is 10.3 Å². The number of thioether (sulfide) groups is 1. The summed E-state index contributed by atoms with van der Waals surface area (Å²) < 4.78 is 0. The molecule has 0 bridgehead atoms. The lowest BCUT2D eigenvalue weighted by Crippen LogP contribution is -2.33. The van der Waals surface area contributed by atoms with Crippen LogP contribution in [0.25, 0.3) is 0 Å². The number of amides is 1. The Bertz CT molecular complexity index is 395. The van der Waals surface area contributed by atoms with Crippen molar-refractivity contribution in [2.45, 2.75) is 26.3 Å². The first-order valence-electron chi connectivity index (χ1n) is 5.74. The molecule has 3 nitrogen and oxygen atoms in total. The van der Waals surface area contributed by atoms with Gasteiger partial charge in [0.2, 0.25) is 0 Å². The van der Waals surface area contributed by atoms with Crippen molar-refractivity contribution in [3.05, 3.63) is 28.0 Å². The van der Waals surface area contributed by atoms with E-state index < -0.39 is 0 Å². The molecule has 0 aromatic carbocycles. The molecule has 1 N–H and O–H groups in total. The third kappa shape index (κ3) is 5.46. The average Bonchev–Trinajstić information content (AvgIpc) is 2.28. The van der Waals surface area contributed by atoms with E-state index in [-0.39, 0.29) is 22.3 Å². The van der Waals surface area contributed by atoms with Crippen LogP contribution in [-0.2, 0) is 0 Å². The van der Waals surface area contributed by atoms with Crippen LogP contribution in [0.1, 0.15) is 30.6 Å². The molecule has 0 saturated heterocycles. The van der Waals surface area contributed by atoms with Crippen molar-refractivity contribution in [2.75, 3.05) is 11.5 Å². The fourth-order valence-electron chi connectivity index (χ4n) is 1.38. The number of hydrogen-bond donors (Lipinski definition) is 1. The van der Waals surface area contributed by atoms with Crippen LogP contribution in [0.5, 0.6) is 0 Å². The smallest absolute Gasteiger partial charge is 0.251 e. The highest BCUT2D eigenvalue weighted by Gasteiger charge is 2.11. The molecule has 1 heterocycles. The summed E-state index contributed by atoms with van der Waals surface area (Å²) in [4.78, 5) is 15.7. The first-order chi connectivity index (χ1) is 8.52. The lowest BCUT2D eigenvalue weighted by Gasteiger charge is -2.13. The van der Waals surface area contributed by atoms with Crippen LogP contribution in [0.3, 0.4) is 0 Å². The van der Waals surface area contributed by atoms with Crippen molar-refractivity contribution in [3.63, 3.8) is 0 Å². The van der Waals surface area contributed by atoms with E-state index in [4.69, 9.17) is 23.2 Å². The van der Waals surface area contributed by atoms with Crippen molar-refractivity contribution >= 4 is 40.9 Å². The maximum absolute atomic E-state index is 11.9. The number of hydrogen-bond acceptors (Lipinski definition) is 3. The largest absolute Gasteiger partial charge is 0.350 e. The highest BCUT2D eigenvalue weighted by atomic mass is 35.5. The molecule has 0 aliphatic heterocycles. The average molecular weight is 307 g/mol. The number of carbonyl (C=O) groups excluding carboxylic acids is 1. The van der Waals surface area contributed by atoms with Gasteiger partial charge in [0.1, 0.15) is 10.3 Å². The zero-order valence-corrected chi connectivity index (χ0v) is 12.7. The van der Waals surface area contributed by atoms with Gasteiger partial charge in [-0.05, 0) is 37.0 Å². The van der Waals surface area contributed by atoms with Gasteiger partial charge in [-0.15, -0.1) is 0 Å². The molecule has 0 radical (unpaired) electrons. The second-order valence-electron chi connectivity index (χ2n) is 3.86. The summed E-state index contributed by atoms with van der Waals surface area (Å²) in [6, 6.07) is 3.15. The van der Waals surface area contributed by atoms with Gasteiger partial charge in [0.15, 0.2) is 0 Å². The Morgan fingerprint density at radius 1 is 1.44 bits per heavy atom. The number of rotatable bonds is 6. The monoisotopic (exact) mass is 306 g/mol. The lowest BCUT2D eigenvalue weighted by molar-refractivity contribution is 0.0939. The Morgan fingerprint density at radius 2 is 2.06 bits per heavy atom. The van der Waals surface area contributed by atoms with Gasteiger partial charge in [-0.25, -0.2) is 4.98 Å². The van der Waals surface area contributed by atoms with Crippen molar-refractivity contribution < 1.29 is 4.79 Å². The summed E-state index contributed by atoms with van der Waals surface area (Å²) >= 11 is 13.4. The maximum Gasteiger partial charge on any atom is 0.251 e. The molecule has 1 aromatic heterocycles. The molecule has 0 spiro atoms. The summed E-state index contributed by atoms with van der Waals surface area (Å²) in [6.07, 6.45) is 0.941. The van der Waals surface area contributed by atoms with E-state index in [0.29, 0.717) is 5.56 Å². The van der Waals surface area contributed by atoms with Gasteiger partial charge in [0.25, 0.3) is 5.91 Å². The van der Waals surface area contributed by atoms with Gasteiger partial charge in [0, 0.05) is 11.6 Å². The van der Waals surface area contributed by atoms with E-state index in [9.17, 15) is 4.79 Å². The summed E-state index contributed by atoms with van der Waals surface area (Å²) in [5, 5.41) is 3.36. The standard InChI is InChI=1S/C12H16Cl2N2OS/c1-3-18-5-4-8(2)15-12(17)9-6-10(13)16-11(14)7-9/h6-8H,3-5H2,1-2H3,(H,15,17). The first-order valence-corrected chi connectivity index (χ1v) is 7.65. The van der Waals surface area contributed by atoms with E-state index in [0.717, 1.165) is 17.9 Å². The molecule has 6 heteroatoms. The van der Waals surface area contributed by atoms with Crippen molar-refractivity contribution in [1.82, 2.24) is 10.3 Å². The second kappa shape index (κ2) is 7.87. The molecule has 18 heavy (non-hydrogen) atoms. The first kappa shape index (κ1) is 15.6. The van der Waals surface area contributed by atoms with E-state index in [1.165, 1.54) is 12.1 Å². The van der Waals surface area contributed by atoms with E-state index in [1.807, 2.05) is 18.7 Å². The summed E-state index contributed by atoms with van der Waals surface area (Å²) in [6.45, 7) is 4.10. The third-order valence-corrected chi connectivity index (χ3v) is 3.62. The molecule has 1 rings (SSSR count). The molecule has 1 aromatic rings. The summed E-state index contributed by atoms with van der Waals surface area (Å²) in [7, 11) is 0. The van der Waals surface area contributed by atoms with Gasteiger partial charge in [-0.1, -0.05) is 30.1 Å². The fraction of sp³-hybridized carbons (Fsp3) is 0.500. The molecular weight excluding hydrogens is 291 g/mol. The topological polar surface area (TPSA) is 42.0 Å². The van der Waals surface area contributed by atoms with Gasteiger partial charge in [-0.3, -0.25) is 4.79 Å². The normalized spacial score (nSPS) is 12.2. The quantitative estimate of drug-likeness (QED) is 0.644. The SMILES string of the molecule is CCSCCC(C)NC(=O)c1cc(Cl)nc(Cl)c1. The second-order valence-corrected chi connectivity index (χ2v) is 6.03. The van der Waals surface area contributed by atoms with Crippen molar-refractivity contribution in [1.29, 1.82) is 0 Å². The Hall–Kier alpha value is -0.450. The van der Waals surface area contributed by atoms with Crippen molar-refractivity contribution in [2.24, 2.45) is 0 Å². The van der Waals surface area contributed by atoms with Crippen LogP contribution < -0.4 is 5.32 Å². The minimum Gasteiger partial charge on any atom is -0.350 e. The number of nitrogens with one attached hydrogen (secondary N) is 1. The fourth-order valence-corrected chi connectivity index (χ4v) is 2.65. The van der Waals surface area contributed by atoms with E-state index in [1.54, 1.807) is 0 Å². The number of carbonyl (C=O) groups is 1.